The van der Waals surface area contributed by atoms with Crippen molar-refractivity contribution in [3.63, 3.8) is 0 Å². The summed E-state index contributed by atoms with van der Waals surface area (Å²) in [6.45, 7) is 6.54. The van der Waals surface area contributed by atoms with Crippen molar-refractivity contribution in [1.82, 2.24) is 9.88 Å². The number of nitrogens with two attached hydrogens (primary N) is 1. The molecule has 1 saturated heterocycles. The van der Waals surface area contributed by atoms with Gasteiger partial charge in [0.2, 0.25) is 5.89 Å². The molecule has 1 aromatic heterocycles. The molecule has 0 bridgehead atoms. The van der Waals surface area contributed by atoms with Crippen molar-refractivity contribution in [3.8, 4) is 11.5 Å². The van der Waals surface area contributed by atoms with E-state index in [2.05, 4.69) is 21.1 Å². The van der Waals surface area contributed by atoms with E-state index in [0.29, 0.717) is 17.4 Å². The van der Waals surface area contributed by atoms with Gasteiger partial charge in [-0.2, -0.15) is 0 Å². The summed E-state index contributed by atoms with van der Waals surface area (Å²) >= 11 is 0. The average Bonchev–Trinajstić information content (AvgIpc) is 3.24. The Morgan fingerprint density at radius 1 is 1.17 bits per heavy atom. The monoisotopic (exact) mass is 406 g/mol. The summed E-state index contributed by atoms with van der Waals surface area (Å²) in [5.74, 6) is 0.891. The first-order chi connectivity index (χ1) is 14.7. The van der Waals surface area contributed by atoms with E-state index >= 15 is 0 Å². The number of hydrogen-bond donors (Lipinski definition) is 1. The highest BCUT2D eigenvalue weighted by molar-refractivity contribution is 5.97. The van der Waals surface area contributed by atoms with E-state index in [9.17, 15) is 0 Å². The molecule has 0 aliphatic carbocycles. The predicted octanol–water partition coefficient (Wildman–Crippen LogP) is 3.32. The van der Waals surface area contributed by atoms with E-state index < -0.39 is 0 Å². The van der Waals surface area contributed by atoms with Gasteiger partial charge in [0.25, 0.3) is 0 Å². The molecule has 1 fully saturated rings. The van der Waals surface area contributed by atoms with Crippen molar-refractivity contribution in [2.75, 3.05) is 26.3 Å². The van der Waals surface area contributed by atoms with Crippen LogP contribution in [0.1, 0.15) is 22.4 Å². The molecule has 0 amide bonds. The topological polar surface area (TPSA) is 86.1 Å². The fraction of sp³-hybridized carbons (Fsp3) is 0.304. The molecule has 0 saturated carbocycles. The number of rotatable bonds is 7. The minimum atomic E-state index is 0.184. The molecule has 7 heteroatoms. The lowest BCUT2D eigenvalue weighted by Crippen LogP contribution is -2.35. The minimum absolute atomic E-state index is 0.184. The Morgan fingerprint density at radius 2 is 1.97 bits per heavy atom. The van der Waals surface area contributed by atoms with Crippen LogP contribution in [0.5, 0.6) is 0 Å². The first-order valence-corrected chi connectivity index (χ1v) is 10.0. The molecule has 1 aliphatic rings. The molecule has 1 aliphatic heterocycles. The Hall–Kier alpha value is -3.16. The van der Waals surface area contributed by atoms with E-state index in [4.69, 9.17) is 19.7 Å². The Balaban J connectivity index is 1.34. The number of oxime groups is 1. The molecule has 2 aromatic carbocycles. The van der Waals surface area contributed by atoms with Crippen molar-refractivity contribution in [3.05, 3.63) is 77.2 Å². The smallest absolute Gasteiger partial charge is 0.226 e. The van der Waals surface area contributed by atoms with Crippen LogP contribution in [-0.4, -0.2) is 42.0 Å². The third kappa shape index (κ3) is 5.25. The van der Waals surface area contributed by atoms with Crippen LogP contribution in [0.3, 0.4) is 0 Å². The van der Waals surface area contributed by atoms with E-state index in [1.807, 2.05) is 49.4 Å². The van der Waals surface area contributed by atoms with Gasteiger partial charge < -0.3 is 19.7 Å². The number of hydrogen-bond acceptors (Lipinski definition) is 6. The third-order valence-corrected chi connectivity index (χ3v) is 4.96. The van der Waals surface area contributed by atoms with Gasteiger partial charge in [-0.3, -0.25) is 4.90 Å². The molecule has 0 radical (unpaired) electrons. The van der Waals surface area contributed by atoms with Gasteiger partial charge in [-0.25, -0.2) is 4.98 Å². The van der Waals surface area contributed by atoms with Gasteiger partial charge in [0.05, 0.1) is 13.2 Å². The van der Waals surface area contributed by atoms with E-state index in [1.165, 1.54) is 11.1 Å². The normalized spacial score (nSPS) is 15.3. The molecule has 2 heterocycles. The van der Waals surface area contributed by atoms with Crippen LogP contribution in [0.25, 0.3) is 11.5 Å². The van der Waals surface area contributed by atoms with Gasteiger partial charge in [-0.15, -0.1) is 0 Å². The number of oxazole rings is 1. The number of morpholine rings is 1. The molecule has 4 rings (SSSR count). The Labute approximate surface area is 176 Å². The maximum atomic E-state index is 6.12. The average molecular weight is 406 g/mol. The molecule has 0 atom stereocenters. The maximum Gasteiger partial charge on any atom is 0.226 e. The molecular formula is C23H26N4O3. The highest BCUT2D eigenvalue weighted by Crippen LogP contribution is 2.19. The Kier molecular flexibility index (Phi) is 6.41. The summed E-state index contributed by atoms with van der Waals surface area (Å²) in [6, 6.07) is 16.0. The largest absolute Gasteiger partial charge is 0.444 e. The second-order valence-electron chi connectivity index (χ2n) is 7.35. The first-order valence-electron chi connectivity index (χ1n) is 10.0. The molecule has 2 N–H and O–H groups in total. The van der Waals surface area contributed by atoms with Gasteiger partial charge in [0.1, 0.15) is 12.0 Å². The lowest BCUT2D eigenvalue weighted by atomic mass is 10.1. The molecule has 156 valence electrons. The summed E-state index contributed by atoms with van der Waals surface area (Å²) < 4.78 is 10.9. The van der Waals surface area contributed by atoms with Gasteiger partial charge in [-0.05, 0) is 30.7 Å². The second-order valence-corrected chi connectivity index (χ2v) is 7.35. The minimum Gasteiger partial charge on any atom is -0.444 e. The van der Waals surface area contributed by atoms with Crippen molar-refractivity contribution in [2.45, 2.75) is 20.1 Å². The molecule has 7 nitrogen and oxygen atoms in total. The van der Waals surface area contributed by atoms with Crippen molar-refractivity contribution < 1.29 is 14.0 Å². The summed E-state index contributed by atoms with van der Waals surface area (Å²) in [5, 5.41) is 4.05. The Bertz CT molecular complexity index is 992. The van der Waals surface area contributed by atoms with Gasteiger partial charge in [0.15, 0.2) is 12.4 Å². The highest BCUT2D eigenvalue weighted by Gasteiger charge is 2.11. The standard InChI is InChI=1S/C23H26N4O3/c1-17-5-7-19(8-6-17)23-25-21(15-29-23)16-30-26-22(24)20-4-2-3-18(13-20)14-27-9-11-28-12-10-27/h2-8,13,15H,9-12,14,16H2,1H3,(H2,24,26). The SMILES string of the molecule is Cc1ccc(-c2nc(CO/N=C(/N)c3cccc(CN4CCOCC4)c3)co2)cc1. The van der Waals surface area contributed by atoms with E-state index in [-0.39, 0.29) is 6.61 Å². The van der Waals surface area contributed by atoms with Crippen LogP contribution in [0.15, 0.2) is 64.4 Å². The maximum absolute atomic E-state index is 6.12. The van der Waals surface area contributed by atoms with Crippen LogP contribution in [0.4, 0.5) is 0 Å². The van der Waals surface area contributed by atoms with Crippen molar-refractivity contribution >= 4 is 5.84 Å². The van der Waals surface area contributed by atoms with Crippen molar-refractivity contribution in [1.29, 1.82) is 0 Å². The van der Waals surface area contributed by atoms with Crippen LogP contribution in [-0.2, 0) is 22.7 Å². The van der Waals surface area contributed by atoms with E-state index in [0.717, 1.165) is 44.0 Å². The first kappa shape index (κ1) is 20.1. The zero-order valence-electron chi connectivity index (χ0n) is 17.1. The van der Waals surface area contributed by atoms with Crippen LogP contribution >= 0.6 is 0 Å². The number of nitrogens with zero attached hydrogens (tertiary/aromatic N) is 3. The van der Waals surface area contributed by atoms with E-state index in [1.54, 1.807) is 6.26 Å². The molecule has 0 unspecified atom stereocenters. The fourth-order valence-electron chi connectivity index (χ4n) is 3.27. The van der Waals surface area contributed by atoms with Gasteiger partial charge in [-0.1, -0.05) is 41.1 Å². The van der Waals surface area contributed by atoms with Gasteiger partial charge in [0, 0.05) is 30.8 Å². The number of amidine groups is 1. The quantitative estimate of drug-likeness (QED) is 0.368. The number of ether oxygens (including phenoxy) is 1. The lowest BCUT2D eigenvalue weighted by molar-refractivity contribution is 0.0342. The summed E-state index contributed by atoms with van der Waals surface area (Å²) in [5.41, 5.74) is 10.9. The van der Waals surface area contributed by atoms with Crippen LogP contribution < -0.4 is 5.73 Å². The zero-order chi connectivity index (χ0) is 20.8. The molecular weight excluding hydrogens is 380 g/mol. The second kappa shape index (κ2) is 9.56. The Morgan fingerprint density at radius 3 is 2.77 bits per heavy atom. The summed E-state index contributed by atoms with van der Waals surface area (Å²) in [6.07, 6.45) is 1.57. The van der Waals surface area contributed by atoms with Crippen LogP contribution in [0, 0.1) is 6.92 Å². The number of aromatic nitrogens is 1. The van der Waals surface area contributed by atoms with Crippen molar-refractivity contribution in [2.24, 2.45) is 10.9 Å². The summed E-state index contributed by atoms with van der Waals surface area (Å²) in [7, 11) is 0. The molecule has 0 spiro atoms. The highest BCUT2D eigenvalue weighted by atomic mass is 16.6. The zero-order valence-corrected chi connectivity index (χ0v) is 17.1. The van der Waals surface area contributed by atoms with Gasteiger partial charge >= 0.3 is 0 Å². The number of aryl methyl sites for hydroxylation is 1. The summed E-state index contributed by atoms with van der Waals surface area (Å²) in [4.78, 5) is 12.2. The predicted molar refractivity (Wildman–Crippen MR) is 115 cm³/mol. The third-order valence-electron chi connectivity index (χ3n) is 4.96. The fourth-order valence-corrected chi connectivity index (χ4v) is 3.27. The molecule has 30 heavy (non-hydrogen) atoms. The van der Waals surface area contributed by atoms with Crippen LogP contribution in [0.2, 0.25) is 0 Å². The lowest BCUT2D eigenvalue weighted by Gasteiger charge is -2.26. The molecule has 3 aromatic rings. The number of benzene rings is 2.